The smallest absolute Gasteiger partial charge is 0.255 e. The number of nitrogens with zero attached hydrogens (tertiary/aromatic N) is 2. The van der Waals surface area contributed by atoms with Gasteiger partial charge in [-0.25, -0.2) is 0 Å². The SMILES string of the molecule is C=CC(=O)n1c(C#CCNc2ccccc2)cc2cc(CNC3CCN(C)CC3)ccc21. The number of para-hydroxylation sites is 1. The van der Waals surface area contributed by atoms with Crippen LogP contribution in [0.15, 0.2) is 67.3 Å². The maximum Gasteiger partial charge on any atom is 0.255 e. The van der Waals surface area contributed by atoms with Crippen LogP contribution in [0.3, 0.4) is 0 Å². The molecule has 0 bridgehead atoms. The van der Waals surface area contributed by atoms with Gasteiger partial charge in [-0.1, -0.05) is 36.8 Å². The van der Waals surface area contributed by atoms with E-state index < -0.39 is 0 Å². The summed E-state index contributed by atoms with van der Waals surface area (Å²) in [5.41, 5.74) is 3.77. The van der Waals surface area contributed by atoms with E-state index in [2.05, 4.69) is 53.1 Å². The fourth-order valence-electron chi connectivity index (χ4n) is 4.11. The molecule has 1 fully saturated rings. The third-order valence-corrected chi connectivity index (χ3v) is 5.95. The van der Waals surface area contributed by atoms with E-state index >= 15 is 0 Å². The van der Waals surface area contributed by atoms with Crippen LogP contribution >= 0.6 is 0 Å². The minimum Gasteiger partial charge on any atom is -0.374 e. The summed E-state index contributed by atoms with van der Waals surface area (Å²) >= 11 is 0. The third kappa shape index (κ3) is 5.28. The lowest BCUT2D eigenvalue weighted by atomic mass is 10.0. The van der Waals surface area contributed by atoms with Crippen molar-refractivity contribution in [2.24, 2.45) is 0 Å². The lowest BCUT2D eigenvalue weighted by Gasteiger charge is -2.29. The van der Waals surface area contributed by atoms with E-state index in [-0.39, 0.29) is 5.91 Å². The van der Waals surface area contributed by atoms with E-state index in [1.54, 1.807) is 4.57 Å². The van der Waals surface area contributed by atoms with Gasteiger partial charge in [-0.3, -0.25) is 9.36 Å². The minimum absolute atomic E-state index is 0.169. The first kappa shape index (κ1) is 21.9. The van der Waals surface area contributed by atoms with Gasteiger partial charge in [0, 0.05) is 23.7 Å². The summed E-state index contributed by atoms with van der Waals surface area (Å²) in [6, 6.07) is 18.7. The standard InChI is InChI=1S/C27H30N4O/c1-3-27(32)31-25(10-7-15-28-23-8-5-4-6-9-23)19-22-18-21(11-12-26(22)31)20-29-24-13-16-30(2)17-14-24/h3-6,8-9,11-12,18-19,24,28-29H,1,13-17,20H2,2H3. The van der Waals surface area contributed by atoms with Crippen molar-refractivity contribution in [1.29, 1.82) is 0 Å². The van der Waals surface area contributed by atoms with Crippen LogP contribution in [0.4, 0.5) is 5.69 Å². The van der Waals surface area contributed by atoms with Gasteiger partial charge in [0.05, 0.1) is 12.1 Å². The molecule has 2 aromatic carbocycles. The summed E-state index contributed by atoms with van der Waals surface area (Å²) in [5, 5.41) is 7.97. The van der Waals surface area contributed by atoms with E-state index in [1.165, 1.54) is 24.5 Å². The van der Waals surface area contributed by atoms with Gasteiger partial charge in [-0.05, 0) is 80.9 Å². The fraction of sp³-hybridized carbons (Fsp3) is 0.296. The lowest BCUT2D eigenvalue weighted by molar-refractivity contribution is 0.0973. The van der Waals surface area contributed by atoms with Crippen LogP contribution in [-0.4, -0.2) is 48.1 Å². The maximum atomic E-state index is 12.6. The number of allylic oxidation sites excluding steroid dienone is 1. The van der Waals surface area contributed by atoms with E-state index in [1.807, 2.05) is 42.5 Å². The Kier molecular flexibility index (Phi) is 7.06. The molecule has 4 rings (SSSR count). The Morgan fingerprint density at radius 1 is 1.16 bits per heavy atom. The zero-order chi connectivity index (χ0) is 22.3. The van der Waals surface area contributed by atoms with E-state index in [4.69, 9.17) is 0 Å². The highest BCUT2D eigenvalue weighted by atomic mass is 16.1. The summed E-state index contributed by atoms with van der Waals surface area (Å²) in [6.45, 7) is 7.27. The first-order valence-corrected chi connectivity index (χ1v) is 11.1. The van der Waals surface area contributed by atoms with Crippen molar-refractivity contribution in [3.05, 3.63) is 78.5 Å². The van der Waals surface area contributed by atoms with Gasteiger partial charge in [-0.2, -0.15) is 0 Å². The van der Waals surface area contributed by atoms with Gasteiger partial charge in [0.1, 0.15) is 5.69 Å². The number of aromatic nitrogens is 1. The molecule has 0 radical (unpaired) electrons. The Labute approximate surface area is 190 Å². The molecule has 1 aliphatic heterocycles. The van der Waals surface area contributed by atoms with Gasteiger partial charge in [0.15, 0.2) is 0 Å². The molecule has 3 aromatic rings. The monoisotopic (exact) mass is 426 g/mol. The highest BCUT2D eigenvalue weighted by Crippen LogP contribution is 2.22. The summed E-state index contributed by atoms with van der Waals surface area (Å²) in [4.78, 5) is 14.9. The topological polar surface area (TPSA) is 49.3 Å². The summed E-state index contributed by atoms with van der Waals surface area (Å²) in [6.07, 6.45) is 3.70. The average molecular weight is 427 g/mol. The number of carbonyl (C=O) groups is 1. The summed E-state index contributed by atoms with van der Waals surface area (Å²) in [7, 11) is 2.18. The minimum atomic E-state index is -0.169. The number of benzene rings is 2. The molecule has 1 aliphatic rings. The molecular weight excluding hydrogens is 396 g/mol. The number of rotatable bonds is 6. The maximum absolute atomic E-state index is 12.6. The fourth-order valence-corrected chi connectivity index (χ4v) is 4.11. The molecule has 164 valence electrons. The van der Waals surface area contributed by atoms with Crippen molar-refractivity contribution >= 4 is 22.5 Å². The van der Waals surface area contributed by atoms with Crippen molar-refractivity contribution < 1.29 is 4.79 Å². The van der Waals surface area contributed by atoms with Crippen molar-refractivity contribution in [2.75, 3.05) is 32.0 Å². The Morgan fingerprint density at radius 2 is 1.94 bits per heavy atom. The van der Waals surface area contributed by atoms with Crippen LogP contribution in [0.25, 0.3) is 10.9 Å². The van der Waals surface area contributed by atoms with Gasteiger partial charge in [0.2, 0.25) is 0 Å². The predicted octanol–water partition coefficient (Wildman–Crippen LogP) is 4.11. The highest BCUT2D eigenvalue weighted by Gasteiger charge is 2.16. The number of likely N-dealkylation sites (tertiary alicyclic amines) is 1. The Balaban J connectivity index is 1.50. The van der Waals surface area contributed by atoms with E-state index in [0.717, 1.165) is 36.2 Å². The molecule has 0 spiro atoms. The molecular formula is C27H30N4O. The number of nitrogens with one attached hydrogen (secondary N) is 2. The second kappa shape index (κ2) is 10.3. The molecule has 0 unspecified atom stereocenters. The molecule has 5 nitrogen and oxygen atoms in total. The molecule has 0 aliphatic carbocycles. The second-order valence-electron chi connectivity index (χ2n) is 8.28. The third-order valence-electron chi connectivity index (χ3n) is 5.95. The molecule has 2 heterocycles. The van der Waals surface area contributed by atoms with Crippen LogP contribution in [-0.2, 0) is 6.54 Å². The van der Waals surface area contributed by atoms with Crippen molar-refractivity contribution in [3.63, 3.8) is 0 Å². The van der Waals surface area contributed by atoms with Crippen LogP contribution < -0.4 is 10.6 Å². The Hall–Kier alpha value is -3.33. The lowest BCUT2D eigenvalue weighted by Crippen LogP contribution is -2.40. The number of hydrogen-bond acceptors (Lipinski definition) is 4. The molecule has 1 saturated heterocycles. The normalized spacial score (nSPS) is 14.7. The Morgan fingerprint density at radius 3 is 2.69 bits per heavy atom. The van der Waals surface area contributed by atoms with Crippen molar-refractivity contribution in [2.45, 2.75) is 25.4 Å². The summed E-state index contributed by atoms with van der Waals surface area (Å²) < 4.78 is 1.64. The average Bonchev–Trinajstić information content (AvgIpc) is 3.19. The van der Waals surface area contributed by atoms with E-state index in [9.17, 15) is 4.79 Å². The van der Waals surface area contributed by atoms with Crippen LogP contribution in [0.5, 0.6) is 0 Å². The number of hydrogen-bond donors (Lipinski definition) is 2. The number of anilines is 1. The van der Waals surface area contributed by atoms with Crippen LogP contribution in [0.2, 0.25) is 0 Å². The first-order chi connectivity index (χ1) is 15.6. The second-order valence-corrected chi connectivity index (χ2v) is 8.28. The van der Waals surface area contributed by atoms with E-state index in [0.29, 0.717) is 18.3 Å². The molecule has 5 heteroatoms. The molecule has 0 amide bonds. The van der Waals surface area contributed by atoms with Gasteiger partial charge in [0.25, 0.3) is 5.91 Å². The molecule has 2 N–H and O–H groups in total. The molecule has 0 atom stereocenters. The molecule has 0 saturated carbocycles. The largest absolute Gasteiger partial charge is 0.374 e. The number of carbonyl (C=O) groups excluding carboxylic acids is 1. The van der Waals surface area contributed by atoms with Crippen LogP contribution in [0.1, 0.15) is 28.9 Å². The molecule has 1 aromatic heterocycles. The predicted molar refractivity (Wildman–Crippen MR) is 132 cm³/mol. The van der Waals surface area contributed by atoms with Crippen molar-refractivity contribution in [1.82, 2.24) is 14.8 Å². The van der Waals surface area contributed by atoms with Crippen LogP contribution in [0, 0.1) is 11.8 Å². The van der Waals surface area contributed by atoms with Crippen molar-refractivity contribution in [3.8, 4) is 11.8 Å². The highest BCUT2D eigenvalue weighted by molar-refractivity contribution is 5.99. The quantitative estimate of drug-likeness (QED) is 0.460. The first-order valence-electron chi connectivity index (χ1n) is 11.1. The van der Waals surface area contributed by atoms with Gasteiger partial charge >= 0.3 is 0 Å². The Bertz CT molecular complexity index is 1140. The van der Waals surface area contributed by atoms with Gasteiger partial charge < -0.3 is 15.5 Å². The zero-order valence-corrected chi connectivity index (χ0v) is 18.6. The van der Waals surface area contributed by atoms with Gasteiger partial charge in [-0.15, -0.1) is 0 Å². The zero-order valence-electron chi connectivity index (χ0n) is 18.6. The number of fused-ring (bicyclic) bond motifs is 1. The number of piperidine rings is 1. The summed E-state index contributed by atoms with van der Waals surface area (Å²) in [5.74, 6) is 6.12. The molecule has 32 heavy (non-hydrogen) atoms.